The van der Waals surface area contributed by atoms with E-state index in [1.54, 1.807) is 6.20 Å². The van der Waals surface area contributed by atoms with Crippen LogP contribution < -0.4 is 5.32 Å². The third-order valence-corrected chi connectivity index (χ3v) is 2.72. The highest BCUT2D eigenvalue weighted by Crippen LogP contribution is 2.26. The van der Waals surface area contributed by atoms with Crippen molar-refractivity contribution >= 4 is 11.6 Å². The van der Waals surface area contributed by atoms with Gasteiger partial charge in [-0.25, -0.2) is 0 Å². The number of amides is 1. The minimum atomic E-state index is -0.331. The number of anilines is 1. The summed E-state index contributed by atoms with van der Waals surface area (Å²) in [5.74, 6) is -0.158. The van der Waals surface area contributed by atoms with Gasteiger partial charge in [-0.3, -0.25) is 9.78 Å². The standard InChI is InChI=1S/C14H19N3O2/c1-10(2)13-14(17-12(19)5-7-15)11(4-3-9-18)6-8-16-13/h6,8,10,18H,3-5,9H2,1-2H3,(H,17,19). The van der Waals surface area contributed by atoms with E-state index in [0.29, 0.717) is 18.5 Å². The van der Waals surface area contributed by atoms with Gasteiger partial charge >= 0.3 is 0 Å². The molecule has 0 radical (unpaired) electrons. The Labute approximate surface area is 113 Å². The fourth-order valence-electron chi connectivity index (χ4n) is 1.84. The van der Waals surface area contributed by atoms with Crippen LogP contribution in [0.25, 0.3) is 0 Å². The van der Waals surface area contributed by atoms with E-state index in [-0.39, 0.29) is 24.9 Å². The van der Waals surface area contributed by atoms with Gasteiger partial charge in [0.2, 0.25) is 5.91 Å². The normalized spacial score (nSPS) is 10.3. The predicted octanol–water partition coefficient (Wildman–Crippen LogP) is 1.98. The molecule has 0 spiro atoms. The Morgan fingerprint density at radius 2 is 2.32 bits per heavy atom. The number of hydrogen-bond acceptors (Lipinski definition) is 4. The first-order chi connectivity index (χ1) is 9.10. The van der Waals surface area contributed by atoms with E-state index >= 15 is 0 Å². The molecule has 0 aliphatic rings. The first-order valence-electron chi connectivity index (χ1n) is 6.35. The molecule has 5 nitrogen and oxygen atoms in total. The first-order valence-corrected chi connectivity index (χ1v) is 6.35. The number of carbonyl (C=O) groups excluding carboxylic acids is 1. The Balaban J connectivity index is 3.06. The van der Waals surface area contributed by atoms with Gasteiger partial charge in [0.1, 0.15) is 6.42 Å². The van der Waals surface area contributed by atoms with E-state index < -0.39 is 0 Å². The number of aromatic nitrogens is 1. The van der Waals surface area contributed by atoms with Crippen LogP contribution >= 0.6 is 0 Å². The smallest absolute Gasteiger partial charge is 0.238 e. The SMILES string of the molecule is CC(C)c1nccc(CCCO)c1NC(=O)CC#N. The number of pyridine rings is 1. The molecule has 2 N–H and O–H groups in total. The van der Waals surface area contributed by atoms with E-state index in [9.17, 15) is 4.79 Å². The quantitative estimate of drug-likeness (QED) is 0.819. The molecular weight excluding hydrogens is 242 g/mol. The van der Waals surface area contributed by atoms with Crippen LogP contribution in [-0.4, -0.2) is 22.6 Å². The summed E-state index contributed by atoms with van der Waals surface area (Å²) in [5.41, 5.74) is 2.44. The highest BCUT2D eigenvalue weighted by molar-refractivity contribution is 5.93. The Morgan fingerprint density at radius 1 is 1.58 bits per heavy atom. The van der Waals surface area contributed by atoms with Gasteiger partial charge in [-0.1, -0.05) is 13.8 Å². The van der Waals surface area contributed by atoms with Gasteiger partial charge in [0.25, 0.3) is 0 Å². The number of hydrogen-bond donors (Lipinski definition) is 2. The lowest BCUT2D eigenvalue weighted by Gasteiger charge is -2.16. The molecule has 1 heterocycles. The van der Waals surface area contributed by atoms with Gasteiger partial charge in [0, 0.05) is 12.8 Å². The molecule has 0 atom stereocenters. The van der Waals surface area contributed by atoms with Crippen LogP contribution in [0.5, 0.6) is 0 Å². The van der Waals surface area contributed by atoms with Crippen LogP contribution in [0.4, 0.5) is 5.69 Å². The fraction of sp³-hybridized carbons (Fsp3) is 0.500. The van der Waals surface area contributed by atoms with Crippen molar-refractivity contribution in [1.29, 1.82) is 5.26 Å². The van der Waals surface area contributed by atoms with Gasteiger partial charge in [-0.05, 0) is 30.4 Å². The van der Waals surface area contributed by atoms with E-state index in [1.807, 2.05) is 26.0 Å². The molecule has 5 heteroatoms. The highest BCUT2D eigenvalue weighted by atomic mass is 16.2. The monoisotopic (exact) mass is 261 g/mol. The summed E-state index contributed by atoms with van der Waals surface area (Å²) in [5, 5.41) is 20.2. The number of aryl methyl sites for hydroxylation is 1. The molecule has 0 aliphatic heterocycles. The minimum absolute atomic E-state index is 0.102. The van der Waals surface area contributed by atoms with Gasteiger partial charge in [-0.2, -0.15) is 5.26 Å². The van der Waals surface area contributed by atoms with Crippen LogP contribution in [-0.2, 0) is 11.2 Å². The summed E-state index contributed by atoms with van der Waals surface area (Å²) in [4.78, 5) is 15.9. The van der Waals surface area contributed by atoms with E-state index in [4.69, 9.17) is 10.4 Å². The summed E-state index contributed by atoms with van der Waals surface area (Å²) in [6.07, 6.45) is 2.83. The van der Waals surface area contributed by atoms with E-state index in [2.05, 4.69) is 10.3 Å². The second-order valence-electron chi connectivity index (χ2n) is 4.60. The van der Waals surface area contributed by atoms with Gasteiger partial charge < -0.3 is 10.4 Å². The number of rotatable bonds is 6. The fourth-order valence-corrected chi connectivity index (χ4v) is 1.84. The Morgan fingerprint density at radius 3 is 2.89 bits per heavy atom. The predicted molar refractivity (Wildman–Crippen MR) is 72.6 cm³/mol. The van der Waals surface area contributed by atoms with Crippen LogP contribution in [0.3, 0.4) is 0 Å². The lowest BCUT2D eigenvalue weighted by molar-refractivity contribution is -0.115. The van der Waals surface area contributed by atoms with Crippen LogP contribution in [0.1, 0.15) is 43.9 Å². The summed E-state index contributed by atoms with van der Waals surface area (Å²) in [6.45, 7) is 4.10. The number of aliphatic hydroxyl groups excluding tert-OH is 1. The van der Waals surface area contributed by atoms with Gasteiger partial charge in [-0.15, -0.1) is 0 Å². The van der Waals surface area contributed by atoms with Crippen molar-refractivity contribution in [1.82, 2.24) is 4.98 Å². The van der Waals surface area contributed by atoms with Crippen molar-refractivity contribution in [2.24, 2.45) is 0 Å². The number of nitriles is 1. The molecule has 0 saturated heterocycles. The molecule has 0 bridgehead atoms. The minimum Gasteiger partial charge on any atom is -0.396 e. The molecule has 1 aromatic rings. The molecule has 0 aromatic carbocycles. The lowest BCUT2D eigenvalue weighted by Crippen LogP contribution is -2.15. The molecule has 19 heavy (non-hydrogen) atoms. The average Bonchev–Trinajstić information content (AvgIpc) is 2.37. The molecule has 1 amide bonds. The summed E-state index contributed by atoms with van der Waals surface area (Å²) in [6, 6.07) is 3.66. The van der Waals surface area contributed by atoms with E-state index in [1.165, 1.54) is 0 Å². The topological polar surface area (TPSA) is 86.0 Å². The first kappa shape index (κ1) is 15.1. The van der Waals surface area contributed by atoms with Crippen molar-refractivity contribution in [2.75, 3.05) is 11.9 Å². The molecular formula is C14H19N3O2. The van der Waals surface area contributed by atoms with Crippen LogP contribution in [0, 0.1) is 11.3 Å². The molecule has 1 aromatic heterocycles. The van der Waals surface area contributed by atoms with Crippen LogP contribution in [0.15, 0.2) is 12.3 Å². The van der Waals surface area contributed by atoms with Gasteiger partial charge in [0.05, 0.1) is 17.5 Å². The maximum atomic E-state index is 11.6. The van der Waals surface area contributed by atoms with Gasteiger partial charge in [0.15, 0.2) is 0 Å². The molecule has 0 aliphatic carbocycles. The molecule has 0 fully saturated rings. The van der Waals surface area contributed by atoms with Crippen molar-refractivity contribution in [3.05, 3.63) is 23.5 Å². The average molecular weight is 261 g/mol. The Hall–Kier alpha value is -1.93. The largest absolute Gasteiger partial charge is 0.396 e. The number of nitrogens with one attached hydrogen (secondary N) is 1. The molecule has 0 unspecified atom stereocenters. The zero-order chi connectivity index (χ0) is 14.3. The summed E-state index contributed by atoms with van der Waals surface area (Å²) in [7, 11) is 0. The maximum absolute atomic E-state index is 11.6. The van der Waals surface area contributed by atoms with Crippen molar-refractivity contribution in [3.8, 4) is 6.07 Å². The van der Waals surface area contributed by atoms with E-state index in [0.717, 1.165) is 11.3 Å². The van der Waals surface area contributed by atoms with Crippen molar-refractivity contribution < 1.29 is 9.90 Å². The second-order valence-corrected chi connectivity index (χ2v) is 4.60. The summed E-state index contributed by atoms with van der Waals surface area (Å²) >= 11 is 0. The van der Waals surface area contributed by atoms with Crippen molar-refractivity contribution in [2.45, 2.75) is 39.0 Å². The molecule has 102 valence electrons. The zero-order valence-electron chi connectivity index (χ0n) is 11.3. The zero-order valence-corrected chi connectivity index (χ0v) is 11.3. The number of carbonyl (C=O) groups is 1. The maximum Gasteiger partial charge on any atom is 0.238 e. The third-order valence-electron chi connectivity index (χ3n) is 2.72. The molecule has 0 saturated carbocycles. The highest BCUT2D eigenvalue weighted by Gasteiger charge is 2.14. The van der Waals surface area contributed by atoms with Crippen LogP contribution in [0.2, 0.25) is 0 Å². The van der Waals surface area contributed by atoms with Crippen molar-refractivity contribution in [3.63, 3.8) is 0 Å². The molecule has 1 rings (SSSR count). The third kappa shape index (κ3) is 4.34. The second kappa shape index (κ2) is 7.49. The Kier molecular flexibility index (Phi) is 5.97. The number of nitrogens with zero attached hydrogens (tertiary/aromatic N) is 2. The lowest BCUT2D eigenvalue weighted by atomic mass is 10.0. The Bertz CT molecular complexity index is 478. The number of aliphatic hydroxyl groups is 1. The summed E-state index contributed by atoms with van der Waals surface area (Å²) < 4.78 is 0.